The van der Waals surface area contributed by atoms with E-state index in [1.165, 1.54) is 69.2 Å². The Hall–Kier alpha value is -7.30. The Morgan fingerprint density at radius 1 is 0.380 bits per heavy atom. The van der Waals surface area contributed by atoms with E-state index in [0.29, 0.717) is 0 Å². The molecule has 14 unspecified atom stereocenters. The van der Waals surface area contributed by atoms with Gasteiger partial charge in [0.05, 0.1) is 47.3 Å². The molecule has 14 atom stereocenters. The Balaban J connectivity index is -0.0000000409. The topological polar surface area (TPSA) is 867 Å². The Morgan fingerprint density at radius 2 is 0.519 bits per heavy atom. The first kappa shape index (κ1) is 116. The molecule has 0 aromatic heterocycles. The number of esters is 4. The number of quaternary nitrogens is 5. The van der Waals surface area contributed by atoms with E-state index < -0.39 is 137 Å². The van der Waals surface area contributed by atoms with Crippen LogP contribution in [0.2, 0.25) is 0 Å². The molecule has 0 aliphatic carbocycles. The Labute approximate surface area is 457 Å². The standard InChI is InChI=1S/3C6H11NO3.2C6H10O4.2C6H8O3.7H3N.4H2O/c5*1-3(5(7)8)4(2)6(9)10;2*1-3-4(2)6(8)9-5(3)7;;;;;;;;;;;/h3*3-4H,1-2H3,(H2,7,8)(H,9,10);2*3-4H,1-2H3,(H,7,8)(H,9,10);2*3-4H,1-2H3;7*1H3;4*1H2/p+1. The predicted molar refractivity (Wildman–Crippen MR) is 273 cm³/mol. The molecule has 0 radical (unpaired) electrons. The van der Waals surface area contributed by atoms with Crippen molar-refractivity contribution in [3.63, 3.8) is 0 Å². The number of carboxylic acids is 7. The van der Waals surface area contributed by atoms with Crippen LogP contribution in [0, 0.1) is 82.9 Å². The second-order valence-electron chi connectivity index (χ2n) is 16.1. The first-order chi connectivity index (χ1) is 30.6. The number of cyclic esters (lactones) is 4. The summed E-state index contributed by atoms with van der Waals surface area (Å²) >= 11 is 0. The van der Waals surface area contributed by atoms with E-state index in [9.17, 15) is 87.5 Å². The number of hydrogen-bond acceptors (Lipinski definition) is 23. The van der Waals surface area contributed by atoms with Gasteiger partial charge in [-0.25, -0.2) is 4.79 Å². The van der Waals surface area contributed by atoms with Crippen molar-refractivity contribution < 1.29 is 140 Å². The molecule has 478 valence electrons. The van der Waals surface area contributed by atoms with Gasteiger partial charge >= 0.3 is 47.7 Å². The van der Waals surface area contributed by atoms with E-state index in [-0.39, 0.29) is 94.5 Å². The van der Waals surface area contributed by atoms with Crippen LogP contribution in [0.3, 0.4) is 0 Å². The zero-order chi connectivity index (χ0) is 55.6. The SMILES string of the molecule is CC(C(=O)O)C(C)C(=O)O.CC(C(=O)[O-])C(C)C(=O)[O-].CC(C(N)=O)C(C)C(=O)O.CC(C(N)=O)C(C)C(=O)[O-].CC(C([NH3+])=O)C(C)C(=O)[O-].CC1C(=O)OC(=O)C1C.CC1C(=O)OC(=O)C1C.N.N.N.O.O.O.O.[NH4+].[NH4+].[NH4+].[NH4+]. The van der Waals surface area contributed by atoms with E-state index in [4.69, 9.17) is 26.8 Å². The third kappa shape index (κ3) is 46.5. The van der Waals surface area contributed by atoms with Crippen LogP contribution < -0.4 is 80.7 Å². The average Bonchev–Trinajstić information content (AvgIpc) is 3.61. The minimum absolute atomic E-state index is 0. The van der Waals surface area contributed by atoms with Crippen molar-refractivity contribution in [3.05, 3.63) is 0 Å². The zero-order valence-electron chi connectivity index (χ0n) is 48.6. The van der Waals surface area contributed by atoms with Crippen molar-refractivity contribution in [1.82, 2.24) is 43.1 Å². The lowest BCUT2D eigenvalue weighted by Gasteiger charge is -2.20. The molecule has 37 heteroatoms. The molecule has 0 saturated carbocycles. The van der Waals surface area contributed by atoms with Crippen molar-refractivity contribution in [2.24, 2.45) is 94.3 Å². The number of aliphatic carboxylic acids is 7. The van der Waals surface area contributed by atoms with Gasteiger partial charge in [-0.15, -0.1) is 0 Å². The maximum atomic E-state index is 10.6. The molecule has 2 fully saturated rings. The lowest BCUT2D eigenvalue weighted by atomic mass is 9.96. The molecule has 2 rings (SSSR count). The van der Waals surface area contributed by atoms with Crippen molar-refractivity contribution in [1.29, 1.82) is 0 Å². The minimum Gasteiger partial charge on any atom is -0.550 e. The van der Waals surface area contributed by atoms with Gasteiger partial charge in [-0.1, -0.05) is 90.0 Å². The van der Waals surface area contributed by atoms with Crippen LogP contribution in [0.1, 0.15) is 96.9 Å². The molecule has 0 aromatic rings. The summed E-state index contributed by atoms with van der Waals surface area (Å²) in [5, 5.41) is 65.4. The highest BCUT2D eigenvalue weighted by Gasteiger charge is 2.38. The molecule has 43 N–H and O–H groups in total. The second kappa shape index (κ2) is 55.5. The lowest BCUT2D eigenvalue weighted by Crippen LogP contribution is -2.61. The highest BCUT2D eigenvalue weighted by Crippen LogP contribution is 2.22. The molecular formula is C42H99N10O27+. The molecule has 2 heterocycles. The first-order valence-electron chi connectivity index (χ1n) is 20.6. The number of primary amides is 2. The number of ether oxygens (including phenoxy) is 2. The van der Waals surface area contributed by atoms with Gasteiger partial charge in [-0.05, 0) is 6.92 Å². The molecule has 37 nitrogen and oxygen atoms in total. The molecule has 0 bridgehead atoms. The number of hydrogen-bond donors (Lipinski definition) is 13. The largest absolute Gasteiger partial charge is 0.550 e. The van der Waals surface area contributed by atoms with Crippen LogP contribution in [0.4, 0.5) is 0 Å². The van der Waals surface area contributed by atoms with Crippen LogP contribution in [-0.4, -0.2) is 121 Å². The van der Waals surface area contributed by atoms with E-state index in [2.05, 4.69) is 15.2 Å². The molecule has 0 spiro atoms. The fraction of sp³-hybridized carbons (Fsp3) is 0.667. The van der Waals surface area contributed by atoms with Crippen molar-refractivity contribution in [3.8, 4) is 0 Å². The molecule has 2 saturated heterocycles. The van der Waals surface area contributed by atoms with Gasteiger partial charge in [0.1, 0.15) is 0 Å². The van der Waals surface area contributed by atoms with Crippen molar-refractivity contribution >= 4 is 83.4 Å². The third-order valence-corrected chi connectivity index (χ3v) is 11.2. The Morgan fingerprint density at radius 3 is 0.595 bits per heavy atom. The summed E-state index contributed by atoms with van der Waals surface area (Å²) in [6.07, 6.45) is 0. The normalized spacial score (nSPS) is 18.0. The molecule has 0 aromatic carbocycles. The van der Waals surface area contributed by atoms with Crippen LogP contribution in [-0.2, 0) is 76.6 Å². The number of nitrogens with two attached hydrogens (primary N) is 2. The number of carbonyl (C=O) groups excluding carboxylic acids is 11. The number of carboxylic acid groups (broad SMARTS) is 7. The smallest absolute Gasteiger partial charge is 0.317 e. The maximum absolute atomic E-state index is 10.6. The van der Waals surface area contributed by atoms with Crippen LogP contribution in [0.15, 0.2) is 0 Å². The number of amides is 3. The predicted octanol–water partition coefficient (Wildman–Crippen LogP) is -6.34. The van der Waals surface area contributed by atoms with Crippen LogP contribution in [0.5, 0.6) is 0 Å². The molecule has 2 aliphatic heterocycles. The van der Waals surface area contributed by atoms with Gasteiger partial charge in [0, 0.05) is 59.4 Å². The first-order valence-corrected chi connectivity index (χ1v) is 20.6. The second-order valence-corrected chi connectivity index (χ2v) is 16.1. The van der Waals surface area contributed by atoms with Crippen LogP contribution >= 0.6 is 0 Å². The van der Waals surface area contributed by atoms with E-state index in [1.54, 1.807) is 27.7 Å². The molecule has 3 amide bonds. The summed E-state index contributed by atoms with van der Waals surface area (Å²) in [4.78, 5) is 144. The van der Waals surface area contributed by atoms with E-state index in [1.807, 2.05) is 0 Å². The van der Waals surface area contributed by atoms with E-state index >= 15 is 0 Å². The molecular weight excluding hydrogens is 1080 g/mol. The van der Waals surface area contributed by atoms with Gasteiger partial charge in [0.25, 0.3) is 0 Å². The van der Waals surface area contributed by atoms with E-state index in [0.717, 1.165) is 0 Å². The van der Waals surface area contributed by atoms with Crippen molar-refractivity contribution in [2.45, 2.75) is 96.9 Å². The van der Waals surface area contributed by atoms with Gasteiger partial charge in [0.2, 0.25) is 11.8 Å². The van der Waals surface area contributed by atoms with Gasteiger partial charge < -0.3 is 141 Å². The minimum atomic E-state index is -1.36. The van der Waals surface area contributed by atoms with Gasteiger partial charge in [0.15, 0.2) is 0 Å². The fourth-order valence-corrected chi connectivity index (χ4v) is 3.62. The summed E-state index contributed by atoms with van der Waals surface area (Å²) in [7, 11) is 0. The van der Waals surface area contributed by atoms with Crippen LogP contribution in [0.25, 0.3) is 0 Å². The highest BCUT2D eigenvalue weighted by molar-refractivity contribution is 5.96. The molecule has 2 aliphatic rings. The van der Waals surface area contributed by atoms with Gasteiger partial charge in [-0.3, -0.25) is 48.9 Å². The summed E-state index contributed by atoms with van der Waals surface area (Å²) in [5.74, 6) is -20.2. The average molecular weight is 1180 g/mol. The Kier molecular flexibility index (Phi) is 81.1. The maximum Gasteiger partial charge on any atom is 0.317 e. The zero-order valence-corrected chi connectivity index (χ0v) is 48.6. The highest BCUT2D eigenvalue weighted by atomic mass is 16.6. The molecule has 79 heavy (non-hydrogen) atoms. The summed E-state index contributed by atoms with van der Waals surface area (Å²) in [6, 6.07) is 0. The van der Waals surface area contributed by atoms with Crippen molar-refractivity contribution in [2.75, 3.05) is 0 Å². The Bertz CT molecular complexity index is 1470. The number of carbonyl (C=O) groups is 14. The number of rotatable bonds is 15. The summed E-state index contributed by atoms with van der Waals surface area (Å²) < 4.78 is 8.62. The lowest BCUT2D eigenvalue weighted by molar-refractivity contribution is -0.325. The quantitative estimate of drug-likeness (QED) is 0.0536. The summed E-state index contributed by atoms with van der Waals surface area (Å²) in [6.45, 7) is 20.8. The summed E-state index contributed by atoms with van der Waals surface area (Å²) in [5.41, 5.74) is 12.8. The van der Waals surface area contributed by atoms with Gasteiger partial charge in [-0.2, -0.15) is 0 Å². The fourth-order valence-electron chi connectivity index (χ4n) is 3.62. The third-order valence-electron chi connectivity index (χ3n) is 11.2. The monoisotopic (exact) mass is 1180 g/mol.